The topological polar surface area (TPSA) is 15.3 Å². The lowest BCUT2D eigenvalue weighted by Crippen LogP contribution is -2.29. The quantitative estimate of drug-likeness (QED) is 0.850. The standard InChI is InChI=1S/C15H24N2/c1-3-13(4-2)12-17-11-7-10-16-14-8-5-6-9-15(14)17/h5-6,8-9,13,16H,3-4,7,10-12H2,1-2H3. The van der Waals surface area contributed by atoms with Crippen molar-refractivity contribution in [3.8, 4) is 0 Å². The lowest BCUT2D eigenvalue weighted by atomic mass is 10.0. The van der Waals surface area contributed by atoms with Crippen LogP contribution in [-0.2, 0) is 0 Å². The highest BCUT2D eigenvalue weighted by molar-refractivity contribution is 5.70. The van der Waals surface area contributed by atoms with E-state index in [0.29, 0.717) is 0 Å². The van der Waals surface area contributed by atoms with E-state index >= 15 is 0 Å². The van der Waals surface area contributed by atoms with E-state index in [1.54, 1.807) is 0 Å². The number of anilines is 2. The summed E-state index contributed by atoms with van der Waals surface area (Å²) in [5.41, 5.74) is 2.69. The molecule has 2 heteroatoms. The molecule has 0 aromatic heterocycles. The Morgan fingerprint density at radius 2 is 2.00 bits per heavy atom. The third-order valence-electron chi connectivity index (χ3n) is 3.80. The Morgan fingerprint density at radius 1 is 1.24 bits per heavy atom. The molecule has 0 radical (unpaired) electrons. The summed E-state index contributed by atoms with van der Waals surface area (Å²) in [5.74, 6) is 0.821. The van der Waals surface area contributed by atoms with Crippen molar-refractivity contribution in [1.82, 2.24) is 0 Å². The van der Waals surface area contributed by atoms with Crippen molar-refractivity contribution in [2.45, 2.75) is 33.1 Å². The Hall–Kier alpha value is -1.18. The largest absolute Gasteiger partial charge is 0.383 e. The minimum absolute atomic E-state index is 0.821. The van der Waals surface area contributed by atoms with Crippen LogP contribution in [-0.4, -0.2) is 19.6 Å². The van der Waals surface area contributed by atoms with Crippen molar-refractivity contribution in [1.29, 1.82) is 0 Å². The van der Waals surface area contributed by atoms with Crippen LogP contribution >= 0.6 is 0 Å². The molecule has 0 saturated carbocycles. The summed E-state index contributed by atoms with van der Waals surface area (Å²) in [7, 11) is 0. The predicted octanol–water partition coefficient (Wildman–Crippen LogP) is 3.74. The molecule has 0 fully saturated rings. The maximum atomic E-state index is 3.52. The van der Waals surface area contributed by atoms with Gasteiger partial charge in [0.1, 0.15) is 0 Å². The van der Waals surface area contributed by atoms with Gasteiger partial charge in [-0.05, 0) is 24.5 Å². The Morgan fingerprint density at radius 3 is 2.76 bits per heavy atom. The van der Waals surface area contributed by atoms with Gasteiger partial charge in [-0.15, -0.1) is 0 Å². The van der Waals surface area contributed by atoms with Gasteiger partial charge in [-0.2, -0.15) is 0 Å². The molecule has 2 rings (SSSR count). The summed E-state index contributed by atoms with van der Waals surface area (Å²) in [5, 5.41) is 3.52. The average molecular weight is 232 g/mol. The van der Waals surface area contributed by atoms with Gasteiger partial charge in [0.2, 0.25) is 0 Å². The smallest absolute Gasteiger partial charge is 0.0602 e. The fraction of sp³-hybridized carbons (Fsp3) is 0.600. The highest BCUT2D eigenvalue weighted by Crippen LogP contribution is 2.29. The van der Waals surface area contributed by atoms with Gasteiger partial charge >= 0.3 is 0 Å². The predicted molar refractivity (Wildman–Crippen MR) is 75.8 cm³/mol. The van der Waals surface area contributed by atoms with Crippen LogP contribution in [0.5, 0.6) is 0 Å². The first-order chi connectivity index (χ1) is 8.35. The molecule has 0 amide bonds. The van der Waals surface area contributed by atoms with E-state index in [9.17, 15) is 0 Å². The lowest BCUT2D eigenvalue weighted by Gasteiger charge is -2.28. The Balaban J connectivity index is 2.16. The number of fused-ring (bicyclic) bond motifs is 1. The van der Waals surface area contributed by atoms with E-state index in [1.165, 1.54) is 43.7 Å². The summed E-state index contributed by atoms with van der Waals surface area (Å²) in [6.07, 6.45) is 3.79. The molecule has 17 heavy (non-hydrogen) atoms. The summed E-state index contributed by atoms with van der Waals surface area (Å²) in [4.78, 5) is 2.56. The maximum absolute atomic E-state index is 3.52. The van der Waals surface area contributed by atoms with E-state index in [1.807, 2.05) is 0 Å². The first-order valence-electron chi connectivity index (χ1n) is 6.93. The molecule has 0 bridgehead atoms. The number of hydrogen-bond donors (Lipinski definition) is 1. The zero-order valence-electron chi connectivity index (χ0n) is 11.1. The molecule has 1 N–H and O–H groups in total. The molecule has 0 atom stereocenters. The number of rotatable bonds is 4. The van der Waals surface area contributed by atoms with E-state index in [0.717, 1.165) is 12.5 Å². The monoisotopic (exact) mass is 232 g/mol. The fourth-order valence-corrected chi connectivity index (χ4v) is 2.56. The van der Waals surface area contributed by atoms with Crippen LogP contribution in [0.1, 0.15) is 33.1 Å². The summed E-state index contributed by atoms with van der Waals surface area (Å²) < 4.78 is 0. The van der Waals surface area contributed by atoms with Crippen molar-refractivity contribution < 1.29 is 0 Å². The van der Waals surface area contributed by atoms with E-state index < -0.39 is 0 Å². The number of para-hydroxylation sites is 2. The minimum atomic E-state index is 0.821. The van der Waals surface area contributed by atoms with Gasteiger partial charge in [-0.25, -0.2) is 0 Å². The highest BCUT2D eigenvalue weighted by Gasteiger charge is 2.16. The van der Waals surface area contributed by atoms with Gasteiger partial charge in [0, 0.05) is 19.6 Å². The van der Waals surface area contributed by atoms with Crippen LogP contribution in [0.3, 0.4) is 0 Å². The van der Waals surface area contributed by atoms with Crippen LogP contribution in [0.4, 0.5) is 11.4 Å². The van der Waals surface area contributed by atoms with Crippen LogP contribution < -0.4 is 10.2 Å². The van der Waals surface area contributed by atoms with Gasteiger partial charge in [0.25, 0.3) is 0 Å². The van der Waals surface area contributed by atoms with E-state index in [4.69, 9.17) is 0 Å². The average Bonchev–Trinajstić information content (AvgIpc) is 2.58. The highest BCUT2D eigenvalue weighted by atomic mass is 15.2. The Bertz CT molecular complexity index is 345. The van der Waals surface area contributed by atoms with Gasteiger partial charge < -0.3 is 10.2 Å². The van der Waals surface area contributed by atoms with Gasteiger partial charge in [-0.3, -0.25) is 0 Å². The van der Waals surface area contributed by atoms with Crippen LogP contribution in [0, 0.1) is 5.92 Å². The Labute approximate surface area is 105 Å². The second-order valence-corrected chi connectivity index (χ2v) is 4.93. The molecule has 1 aliphatic rings. The first-order valence-corrected chi connectivity index (χ1v) is 6.93. The van der Waals surface area contributed by atoms with Crippen LogP contribution in [0.15, 0.2) is 24.3 Å². The summed E-state index contributed by atoms with van der Waals surface area (Å²) >= 11 is 0. The minimum Gasteiger partial charge on any atom is -0.383 e. The molecule has 0 spiro atoms. The number of nitrogens with zero attached hydrogens (tertiary/aromatic N) is 1. The van der Waals surface area contributed by atoms with Crippen molar-refractivity contribution in [2.75, 3.05) is 29.9 Å². The molecular weight excluding hydrogens is 208 g/mol. The maximum Gasteiger partial charge on any atom is 0.0602 e. The third-order valence-corrected chi connectivity index (χ3v) is 3.80. The second kappa shape index (κ2) is 5.95. The van der Waals surface area contributed by atoms with Gasteiger partial charge in [0.05, 0.1) is 11.4 Å². The molecule has 94 valence electrons. The van der Waals surface area contributed by atoms with Gasteiger partial charge in [-0.1, -0.05) is 38.8 Å². The SMILES string of the molecule is CCC(CC)CN1CCCNc2ccccc21. The number of hydrogen-bond acceptors (Lipinski definition) is 2. The summed E-state index contributed by atoms with van der Waals surface area (Å²) in [6, 6.07) is 8.70. The molecular formula is C15H24N2. The summed E-state index contributed by atoms with van der Waals surface area (Å²) in [6.45, 7) is 8.08. The molecule has 0 aliphatic carbocycles. The fourth-order valence-electron chi connectivity index (χ4n) is 2.56. The van der Waals surface area contributed by atoms with Crippen LogP contribution in [0.25, 0.3) is 0 Å². The van der Waals surface area contributed by atoms with E-state index in [2.05, 4.69) is 48.3 Å². The van der Waals surface area contributed by atoms with Gasteiger partial charge in [0.15, 0.2) is 0 Å². The molecule has 1 aliphatic heterocycles. The number of nitrogens with one attached hydrogen (secondary N) is 1. The van der Waals surface area contributed by atoms with Crippen LogP contribution in [0.2, 0.25) is 0 Å². The second-order valence-electron chi connectivity index (χ2n) is 4.93. The number of benzene rings is 1. The lowest BCUT2D eigenvalue weighted by molar-refractivity contribution is 0.483. The molecule has 0 unspecified atom stereocenters. The van der Waals surface area contributed by atoms with E-state index in [-0.39, 0.29) is 0 Å². The molecule has 0 saturated heterocycles. The third kappa shape index (κ3) is 2.93. The normalized spacial score (nSPS) is 15.4. The Kier molecular flexibility index (Phi) is 4.29. The molecule has 1 heterocycles. The first kappa shape index (κ1) is 12.3. The molecule has 1 aromatic carbocycles. The zero-order valence-corrected chi connectivity index (χ0v) is 11.1. The molecule has 1 aromatic rings. The molecule has 2 nitrogen and oxygen atoms in total. The van der Waals surface area contributed by atoms with Crippen molar-refractivity contribution >= 4 is 11.4 Å². The zero-order chi connectivity index (χ0) is 12.1. The van der Waals surface area contributed by atoms with Crippen molar-refractivity contribution in [2.24, 2.45) is 5.92 Å². The van der Waals surface area contributed by atoms with Crippen molar-refractivity contribution in [3.63, 3.8) is 0 Å². The van der Waals surface area contributed by atoms with Crippen molar-refractivity contribution in [3.05, 3.63) is 24.3 Å².